The second-order valence-electron chi connectivity index (χ2n) is 3.53. The fraction of sp³-hybridized carbons (Fsp3) is 0. The van der Waals surface area contributed by atoms with Crippen LogP contribution in [0.15, 0.2) is 23.1 Å². The van der Waals surface area contributed by atoms with E-state index in [1.165, 1.54) is 0 Å². The van der Waals surface area contributed by atoms with Gasteiger partial charge in [-0.15, -0.1) is 0 Å². The normalized spacial score (nSPS) is 12.8. The predicted molar refractivity (Wildman–Crippen MR) is 57.0 cm³/mol. The highest BCUT2D eigenvalue weighted by Gasteiger charge is 2.19. The van der Waals surface area contributed by atoms with Crippen molar-refractivity contribution < 1.29 is 4.63 Å². The lowest BCUT2D eigenvalue weighted by molar-refractivity contribution is 0.311. The SMILES string of the molecule is c1nc2cc3c(cc2[nH]1)Nc1nonc1N3. The summed E-state index contributed by atoms with van der Waals surface area (Å²) in [5.41, 5.74) is 3.68. The molecule has 3 heterocycles. The smallest absolute Gasteiger partial charge is 0.220 e. The molecule has 1 aliphatic heterocycles. The third kappa shape index (κ3) is 0.888. The quantitative estimate of drug-likeness (QED) is 0.413. The number of nitrogens with zero attached hydrogens (tertiary/aromatic N) is 3. The summed E-state index contributed by atoms with van der Waals surface area (Å²) in [6.45, 7) is 0. The minimum atomic E-state index is 0.586. The number of imidazole rings is 1. The number of hydrogen-bond acceptors (Lipinski definition) is 6. The van der Waals surface area contributed by atoms with Gasteiger partial charge in [0.15, 0.2) is 0 Å². The highest BCUT2D eigenvalue weighted by Crippen LogP contribution is 2.37. The molecule has 1 aromatic carbocycles. The molecule has 78 valence electrons. The van der Waals surface area contributed by atoms with Crippen molar-refractivity contribution >= 4 is 34.0 Å². The fourth-order valence-electron chi connectivity index (χ4n) is 1.80. The van der Waals surface area contributed by atoms with Crippen LogP contribution in [-0.2, 0) is 0 Å². The molecule has 7 heteroatoms. The van der Waals surface area contributed by atoms with Gasteiger partial charge in [0.1, 0.15) is 0 Å². The van der Waals surface area contributed by atoms with Crippen molar-refractivity contribution in [2.24, 2.45) is 0 Å². The van der Waals surface area contributed by atoms with Crippen LogP contribution >= 0.6 is 0 Å². The molecule has 0 bridgehead atoms. The van der Waals surface area contributed by atoms with Gasteiger partial charge >= 0.3 is 0 Å². The van der Waals surface area contributed by atoms with Gasteiger partial charge in [-0.3, -0.25) is 0 Å². The Morgan fingerprint density at radius 1 is 1.00 bits per heavy atom. The van der Waals surface area contributed by atoms with Crippen LogP contribution < -0.4 is 10.6 Å². The summed E-state index contributed by atoms with van der Waals surface area (Å²) in [5.74, 6) is 1.17. The standard InChI is InChI=1S/C9H6N6O/c1-4-5(11-3-10-4)2-7-6(1)12-8-9(13-7)15-16-14-8/h1-3H,(H,10,11)(H,12,14)(H,13,15). The summed E-state index contributed by atoms with van der Waals surface area (Å²) in [5, 5.41) is 13.7. The lowest BCUT2D eigenvalue weighted by Crippen LogP contribution is -2.05. The zero-order valence-corrected chi connectivity index (χ0v) is 7.98. The zero-order chi connectivity index (χ0) is 10.5. The van der Waals surface area contributed by atoms with Crippen molar-refractivity contribution in [1.29, 1.82) is 0 Å². The van der Waals surface area contributed by atoms with E-state index >= 15 is 0 Å². The summed E-state index contributed by atoms with van der Waals surface area (Å²) in [6.07, 6.45) is 1.66. The van der Waals surface area contributed by atoms with Gasteiger partial charge in [0.2, 0.25) is 11.6 Å². The Bertz CT molecular complexity index is 630. The molecule has 0 fully saturated rings. The number of rotatable bonds is 0. The molecule has 16 heavy (non-hydrogen) atoms. The van der Waals surface area contributed by atoms with Crippen molar-refractivity contribution in [3.63, 3.8) is 0 Å². The maximum atomic E-state index is 4.63. The van der Waals surface area contributed by atoms with Gasteiger partial charge in [-0.05, 0) is 22.4 Å². The van der Waals surface area contributed by atoms with Crippen molar-refractivity contribution in [3.05, 3.63) is 18.5 Å². The van der Waals surface area contributed by atoms with Gasteiger partial charge in [0.05, 0.1) is 28.7 Å². The van der Waals surface area contributed by atoms with Crippen molar-refractivity contribution in [3.8, 4) is 0 Å². The largest absolute Gasteiger partial charge is 0.345 e. The number of H-pyrrole nitrogens is 1. The van der Waals surface area contributed by atoms with E-state index in [0.29, 0.717) is 11.6 Å². The lowest BCUT2D eigenvalue weighted by atomic mass is 10.2. The van der Waals surface area contributed by atoms with Crippen LogP contribution in [-0.4, -0.2) is 20.3 Å². The molecule has 1 aliphatic rings. The number of nitrogens with one attached hydrogen (secondary N) is 3. The first kappa shape index (κ1) is 7.69. The van der Waals surface area contributed by atoms with E-state index in [0.717, 1.165) is 22.4 Å². The maximum Gasteiger partial charge on any atom is 0.220 e. The maximum absolute atomic E-state index is 4.63. The van der Waals surface area contributed by atoms with Gasteiger partial charge in [0.25, 0.3) is 0 Å². The molecule has 0 saturated heterocycles. The molecule has 0 spiro atoms. The third-order valence-corrected chi connectivity index (χ3v) is 2.55. The topological polar surface area (TPSA) is 91.7 Å². The van der Waals surface area contributed by atoms with E-state index in [4.69, 9.17) is 0 Å². The van der Waals surface area contributed by atoms with E-state index in [9.17, 15) is 0 Å². The van der Waals surface area contributed by atoms with E-state index in [2.05, 4.69) is 35.5 Å². The van der Waals surface area contributed by atoms with Crippen LogP contribution in [0.4, 0.5) is 23.0 Å². The second kappa shape index (κ2) is 2.51. The van der Waals surface area contributed by atoms with Crippen LogP contribution in [0, 0.1) is 0 Å². The van der Waals surface area contributed by atoms with Crippen molar-refractivity contribution in [2.75, 3.05) is 10.6 Å². The lowest BCUT2D eigenvalue weighted by Gasteiger charge is -2.16. The minimum absolute atomic E-state index is 0.586. The first-order valence-corrected chi connectivity index (χ1v) is 4.74. The number of aromatic nitrogens is 4. The summed E-state index contributed by atoms with van der Waals surface area (Å²) in [6, 6.07) is 3.90. The fourth-order valence-corrected chi connectivity index (χ4v) is 1.80. The highest BCUT2D eigenvalue weighted by atomic mass is 16.6. The molecular weight excluding hydrogens is 208 g/mol. The molecular formula is C9H6N6O. The average molecular weight is 214 g/mol. The summed E-state index contributed by atoms with van der Waals surface area (Å²) >= 11 is 0. The summed E-state index contributed by atoms with van der Waals surface area (Å²) in [7, 11) is 0. The number of aromatic amines is 1. The van der Waals surface area contributed by atoms with Gasteiger partial charge in [-0.25, -0.2) is 9.61 Å². The second-order valence-corrected chi connectivity index (χ2v) is 3.53. The summed E-state index contributed by atoms with van der Waals surface area (Å²) < 4.78 is 4.63. The Hall–Kier alpha value is -2.57. The van der Waals surface area contributed by atoms with Crippen LogP contribution in [0.3, 0.4) is 0 Å². The number of fused-ring (bicyclic) bond motifs is 3. The Labute approximate surface area is 88.8 Å². The molecule has 3 aromatic rings. The minimum Gasteiger partial charge on any atom is -0.345 e. The molecule has 0 aliphatic carbocycles. The van der Waals surface area contributed by atoms with Gasteiger partial charge < -0.3 is 15.6 Å². The molecule has 2 aromatic heterocycles. The Morgan fingerprint density at radius 2 is 1.75 bits per heavy atom. The van der Waals surface area contributed by atoms with E-state index in [-0.39, 0.29) is 0 Å². The van der Waals surface area contributed by atoms with Crippen LogP contribution in [0.1, 0.15) is 0 Å². The Morgan fingerprint density at radius 3 is 2.56 bits per heavy atom. The van der Waals surface area contributed by atoms with Crippen LogP contribution in [0.2, 0.25) is 0 Å². The Balaban J connectivity index is 1.96. The van der Waals surface area contributed by atoms with E-state index in [1.807, 2.05) is 12.1 Å². The van der Waals surface area contributed by atoms with Crippen molar-refractivity contribution in [2.45, 2.75) is 0 Å². The molecule has 0 unspecified atom stereocenters. The van der Waals surface area contributed by atoms with Gasteiger partial charge in [-0.2, -0.15) is 0 Å². The monoisotopic (exact) mass is 214 g/mol. The zero-order valence-electron chi connectivity index (χ0n) is 7.98. The molecule has 4 rings (SSSR count). The molecule has 0 saturated carbocycles. The predicted octanol–water partition coefficient (Wildman–Crippen LogP) is 1.75. The van der Waals surface area contributed by atoms with Gasteiger partial charge in [0, 0.05) is 0 Å². The molecule has 3 N–H and O–H groups in total. The van der Waals surface area contributed by atoms with E-state index in [1.54, 1.807) is 6.33 Å². The third-order valence-electron chi connectivity index (χ3n) is 2.55. The number of benzene rings is 1. The molecule has 0 amide bonds. The van der Waals surface area contributed by atoms with Crippen LogP contribution in [0.25, 0.3) is 11.0 Å². The number of anilines is 4. The highest BCUT2D eigenvalue weighted by molar-refractivity contribution is 5.94. The molecule has 0 atom stereocenters. The Kier molecular flexibility index (Phi) is 1.21. The first-order valence-electron chi connectivity index (χ1n) is 4.74. The first-order chi connectivity index (χ1) is 7.90. The van der Waals surface area contributed by atoms with Crippen LogP contribution in [0.5, 0.6) is 0 Å². The van der Waals surface area contributed by atoms with Crippen molar-refractivity contribution in [1.82, 2.24) is 20.3 Å². The van der Waals surface area contributed by atoms with Gasteiger partial charge in [-0.1, -0.05) is 0 Å². The molecule has 7 nitrogen and oxygen atoms in total. The number of hydrogen-bond donors (Lipinski definition) is 3. The summed E-state index contributed by atoms with van der Waals surface area (Å²) in [4.78, 5) is 7.24. The average Bonchev–Trinajstić information content (AvgIpc) is 2.89. The molecule has 0 radical (unpaired) electrons. The van der Waals surface area contributed by atoms with E-state index < -0.39 is 0 Å².